The molecule has 2 heterocycles. The number of benzene rings is 1. The highest BCUT2D eigenvalue weighted by Gasteiger charge is 2.30. The highest BCUT2D eigenvalue weighted by molar-refractivity contribution is 7.71. The van der Waals surface area contributed by atoms with Crippen LogP contribution in [-0.2, 0) is 24.3 Å². The molecule has 0 N–H and O–H groups in total. The zero-order valence-electron chi connectivity index (χ0n) is 14.8. The fraction of sp³-hybridized carbons (Fsp3) is 0.500. The van der Waals surface area contributed by atoms with Crippen molar-refractivity contribution in [2.24, 2.45) is 0 Å². The van der Waals surface area contributed by atoms with Crippen LogP contribution in [0.4, 0.5) is 0 Å². The molecule has 0 radical (unpaired) electrons. The van der Waals surface area contributed by atoms with E-state index in [0.717, 1.165) is 36.3 Å². The number of hydrogen-bond acceptors (Lipinski definition) is 3. The Labute approximate surface area is 149 Å². The van der Waals surface area contributed by atoms with Crippen molar-refractivity contribution in [2.75, 3.05) is 0 Å². The number of hydrogen-bond donors (Lipinski definition) is 0. The fourth-order valence-electron chi connectivity index (χ4n) is 3.28. The van der Waals surface area contributed by atoms with Crippen molar-refractivity contribution in [1.29, 1.82) is 0 Å². The summed E-state index contributed by atoms with van der Waals surface area (Å²) in [6.07, 6.45) is 4.48. The molecular weight excluding hydrogens is 316 g/mol. The SMILES string of the molecule is CCCCCn1c(-c2ccccc2)nc(=S)c2c1CC(C)(C)OC2. The average molecular weight is 343 g/mol. The van der Waals surface area contributed by atoms with Crippen LogP contribution in [0.3, 0.4) is 0 Å². The molecular formula is C20H26N2OS. The molecule has 0 atom stereocenters. The second-order valence-electron chi connectivity index (χ2n) is 7.12. The molecule has 3 rings (SSSR count). The summed E-state index contributed by atoms with van der Waals surface area (Å²) in [5.41, 5.74) is 3.38. The maximum Gasteiger partial charge on any atom is 0.141 e. The third kappa shape index (κ3) is 3.60. The monoisotopic (exact) mass is 342 g/mol. The second-order valence-corrected chi connectivity index (χ2v) is 7.50. The lowest BCUT2D eigenvalue weighted by molar-refractivity contribution is -0.0428. The minimum absolute atomic E-state index is 0.156. The van der Waals surface area contributed by atoms with Gasteiger partial charge in [0.15, 0.2) is 0 Å². The van der Waals surface area contributed by atoms with Crippen LogP contribution >= 0.6 is 12.2 Å². The van der Waals surface area contributed by atoms with Crippen molar-refractivity contribution in [3.05, 3.63) is 46.2 Å². The molecule has 4 heteroatoms. The van der Waals surface area contributed by atoms with Crippen LogP contribution < -0.4 is 0 Å². The first kappa shape index (κ1) is 17.3. The Kier molecular flexibility index (Phi) is 5.16. The summed E-state index contributed by atoms with van der Waals surface area (Å²) in [6, 6.07) is 10.4. The van der Waals surface area contributed by atoms with Crippen molar-refractivity contribution in [3.8, 4) is 11.4 Å². The van der Waals surface area contributed by atoms with Gasteiger partial charge >= 0.3 is 0 Å². The topological polar surface area (TPSA) is 27.1 Å². The zero-order chi connectivity index (χ0) is 17.2. The summed E-state index contributed by atoms with van der Waals surface area (Å²) in [5, 5.41) is 0. The number of nitrogens with zero attached hydrogens (tertiary/aromatic N) is 2. The lowest BCUT2D eigenvalue weighted by atomic mass is 9.95. The molecule has 0 aliphatic carbocycles. The van der Waals surface area contributed by atoms with Gasteiger partial charge in [0.05, 0.1) is 12.2 Å². The van der Waals surface area contributed by atoms with Crippen molar-refractivity contribution in [1.82, 2.24) is 9.55 Å². The van der Waals surface area contributed by atoms with E-state index in [-0.39, 0.29) is 5.60 Å². The highest BCUT2D eigenvalue weighted by atomic mass is 32.1. The predicted molar refractivity (Wildman–Crippen MR) is 101 cm³/mol. The zero-order valence-corrected chi connectivity index (χ0v) is 15.7. The molecule has 0 unspecified atom stereocenters. The van der Waals surface area contributed by atoms with Crippen molar-refractivity contribution in [3.63, 3.8) is 0 Å². The number of ether oxygens (including phenoxy) is 1. The van der Waals surface area contributed by atoms with Crippen molar-refractivity contribution >= 4 is 12.2 Å². The van der Waals surface area contributed by atoms with Crippen LogP contribution in [0.25, 0.3) is 11.4 Å². The van der Waals surface area contributed by atoms with E-state index < -0.39 is 0 Å². The Bertz CT molecular complexity index is 765. The first-order valence-corrected chi connectivity index (χ1v) is 9.24. The van der Waals surface area contributed by atoms with Crippen LogP contribution in [0.2, 0.25) is 0 Å². The van der Waals surface area contributed by atoms with E-state index in [1.54, 1.807) is 0 Å². The van der Waals surface area contributed by atoms with Gasteiger partial charge in [0.2, 0.25) is 0 Å². The van der Waals surface area contributed by atoms with E-state index in [1.165, 1.54) is 18.5 Å². The van der Waals surface area contributed by atoms with Crippen molar-refractivity contribution < 1.29 is 4.74 Å². The summed E-state index contributed by atoms with van der Waals surface area (Å²) in [6.45, 7) is 8.09. The summed E-state index contributed by atoms with van der Waals surface area (Å²) in [7, 11) is 0. The summed E-state index contributed by atoms with van der Waals surface area (Å²) < 4.78 is 9.05. The van der Waals surface area contributed by atoms with Gasteiger partial charge in [-0.2, -0.15) is 0 Å². The third-order valence-corrected chi connectivity index (χ3v) is 4.95. The third-order valence-electron chi connectivity index (χ3n) is 4.61. The van der Waals surface area contributed by atoms with E-state index in [1.807, 2.05) is 6.07 Å². The van der Waals surface area contributed by atoms with Gasteiger partial charge in [-0.15, -0.1) is 0 Å². The van der Waals surface area contributed by atoms with Gasteiger partial charge in [0, 0.05) is 29.8 Å². The molecule has 0 amide bonds. The lowest BCUT2D eigenvalue weighted by Crippen LogP contribution is -2.35. The van der Waals surface area contributed by atoms with E-state index in [9.17, 15) is 0 Å². The second kappa shape index (κ2) is 7.16. The molecule has 0 fully saturated rings. The van der Waals surface area contributed by atoms with Gasteiger partial charge in [0.25, 0.3) is 0 Å². The number of fused-ring (bicyclic) bond motifs is 1. The molecule has 0 spiro atoms. The minimum atomic E-state index is -0.156. The Morgan fingerprint density at radius 2 is 1.96 bits per heavy atom. The maximum absolute atomic E-state index is 5.98. The fourth-order valence-corrected chi connectivity index (χ4v) is 3.54. The molecule has 1 aliphatic rings. The Hall–Kier alpha value is -1.52. The molecule has 3 nitrogen and oxygen atoms in total. The van der Waals surface area contributed by atoms with Crippen LogP contribution in [-0.4, -0.2) is 15.2 Å². The molecule has 0 bridgehead atoms. The smallest absolute Gasteiger partial charge is 0.141 e. The maximum atomic E-state index is 5.98. The quantitative estimate of drug-likeness (QED) is 0.543. The Morgan fingerprint density at radius 1 is 1.21 bits per heavy atom. The Morgan fingerprint density at radius 3 is 2.67 bits per heavy atom. The number of rotatable bonds is 5. The van der Waals surface area contributed by atoms with Crippen LogP contribution in [0.1, 0.15) is 51.3 Å². The molecule has 24 heavy (non-hydrogen) atoms. The number of aromatic nitrogens is 2. The van der Waals surface area contributed by atoms with Gasteiger partial charge in [0.1, 0.15) is 10.5 Å². The van der Waals surface area contributed by atoms with Crippen molar-refractivity contribution in [2.45, 2.75) is 65.2 Å². The number of unbranched alkanes of at least 4 members (excludes halogenated alkanes) is 2. The largest absolute Gasteiger partial charge is 0.370 e. The lowest BCUT2D eigenvalue weighted by Gasteiger charge is -2.34. The van der Waals surface area contributed by atoms with Gasteiger partial charge in [-0.05, 0) is 20.3 Å². The van der Waals surface area contributed by atoms with Gasteiger partial charge in [-0.1, -0.05) is 62.3 Å². The summed E-state index contributed by atoms with van der Waals surface area (Å²) in [5.74, 6) is 0.994. The molecule has 0 saturated heterocycles. The first-order valence-electron chi connectivity index (χ1n) is 8.84. The minimum Gasteiger partial charge on any atom is -0.370 e. The van der Waals surface area contributed by atoms with E-state index in [2.05, 4.69) is 49.6 Å². The van der Waals surface area contributed by atoms with E-state index in [4.69, 9.17) is 21.9 Å². The molecule has 2 aromatic rings. The summed E-state index contributed by atoms with van der Waals surface area (Å²) in [4.78, 5) is 4.78. The van der Waals surface area contributed by atoms with E-state index in [0.29, 0.717) is 11.2 Å². The van der Waals surface area contributed by atoms with Gasteiger partial charge in [-0.25, -0.2) is 4.98 Å². The molecule has 1 aliphatic heterocycles. The molecule has 1 aromatic carbocycles. The molecule has 128 valence electrons. The summed E-state index contributed by atoms with van der Waals surface area (Å²) >= 11 is 5.59. The van der Waals surface area contributed by atoms with Crippen LogP contribution in [0.15, 0.2) is 30.3 Å². The molecule has 0 saturated carbocycles. The average Bonchev–Trinajstić information content (AvgIpc) is 2.56. The Balaban J connectivity index is 2.14. The van der Waals surface area contributed by atoms with Crippen LogP contribution in [0.5, 0.6) is 0 Å². The molecule has 1 aromatic heterocycles. The first-order chi connectivity index (χ1) is 11.5. The van der Waals surface area contributed by atoms with Crippen LogP contribution in [0, 0.1) is 4.64 Å². The van der Waals surface area contributed by atoms with E-state index >= 15 is 0 Å². The standard InChI is InChI=1S/C20H26N2OS/c1-4-5-9-12-22-17-13-20(2,3)23-14-16(17)19(24)21-18(22)15-10-7-6-8-11-15/h6-8,10-11H,4-5,9,12-14H2,1-3H3. The predicted octanol–water partition coefficient (Wildman–Crippen LogP) is 5.32. The highest BCUT2D eigenvalue weighted by Crippen LogP contribution is 2.31. The normalized spacial score (nSPS) is 16.0. The van der Waals surface area contributed by atoms with Gasteiger partial charge < -0.3 is 9.30 Å². The van der Waals surface area contributed by atoms with Gasteiger partial charge in [-0.3, -0.25) is 0 Å².